The van der Waals surface area contributed by atoms with Crippen molar-refractivity contribution in [2.24, 2.45) is 16.5 Å². The van der Waals surface area contributed by atoms with Crippen molar-refractivity contribution < 1.29 is 24.6 Å². The topological polar surface area (TPSA) is 193 Å². The number of nitrogens with zero attached hydrogens (tertiary/aromatic N) is 2. The van der Waals surface area contributed by atoms with E-state index in [0.29, 0.717) is 5.56 Å². The number of carbonyl (C=O) groups excluding carboxylic acids is 2. The number of carboxylic acid groups (broad SMARTS) is 1. The van der Waals surface area contributed by atoms with Crippen LogP contribution >= 0.6 is 11.6 Å². The maximum absolute atomic E-state index is 12.3. The molecule has 0 saturated carbocycles. The Labute approximate surface area is 182 Å². The van der Waals surface area contributed by atoms with Crippen LogP contribution in [0, 0.1) is 6.92 Å². The van der Waals surface area contributed by atoms with E-state index in [9.17, 15) is 24.6 Å². The van der Waals surface area contributed by atoms with Gasteiger partial charge in [0.25, 0.3) is 5.91 Å². The summed E-state index contributed by atoms with van der Waals surface area (Å²) in [5.41, 5.74) is 11.5. The van der Waals surface area contributed by atoms with E-state index in [1.165, 1.54) is 30.6 Å². The van der Waals surface area contributed by atoms with Crippen LogP contribution in [0.3, 0.4) is 0 Å². The van der Waals surface area contributed by atoms with Gasteiger partial charge in [0.15, 0.2) is 5.96 Å². The van der Waals surface area contributed by atoms with Gasteiger partial charge in [-0.2, -0.15) is 0 Å². The van der Waals surface area contributed by atoms with Crippen molar-refractivity contribution in [3.63, 3.8) is 0 Å². The van der Waals surface area contributed by atoms with Gasteiger partial charge >= 0.3 is 5.97 Å². The number of aryl methyl sites for hydroxylation is 1. The molecule has 1 aromatic heterocycles. The molecule has 2 aromatic rings. The van der Waals surface area contributed by atoms with E-state index in [-0.39, 0.29) is 33.5 Å². The minimum absolute atomic E-state index is 0.112. The van der Waals surface area contributed by atoms with E-state index in [1.807, 2.05) is 0 Å². The van der Waals surface area contributed by atoms with Crippen molar-refractivity contribution in [3.8, 4) is 5.75 Å². The van der Waals surface area contributed by atoms with E-state index >= 15 is 0 Å². The van der Waals surface area contributed by atoms with E-state index in [1.54, 1.807) is 6.92 Å². The summed E-state index contributed by atoms with van der Waals surface area (Å²) >= 11 is 6.00. The van der Waals surface area contributed by atoms with Gasteiger partial charge in [-0.05, 0) is 30.7 Å². The number of rotatable bonds is 8. The SMILES string of the molecule is Cc1cc(Cl)cc(C(CC(=O)O)NC(=O)CNC(=O)c2cncc(N=C(N)N)c2)c1O. The second-order valence-corrected chi connectivity index (χ2v) is 6.97. The van der Waals surface area contributed by atoms with E-state index in [2.05, 4.69) is 20.6 Å². The van der Waals surface area contributed by atoms with Gasteiger partial charge in [0.2, 0.25) is 5.91 Å². The molecule has 1 heterocycles. The number of aromatic hydroxyl groups is 1. The third-order valence-electron chi connectivity index (χ3n) is 4.04. The molecule has 0 aliphatic carbocycles. The van der Waals surface area contributed by atoms with Crippen molar-refractivity contribution in [3.05, 3.63) is 52.3 Å². The molecule has 1 atom stereocenters. The molecule has 0 spiro atoms. The van der Waals surface area contributed by atoms with Gasteiger partial charge in [-0.15, -0.1) is 0 Å². The number of carbonyl (C=O) groups is 3. The lowest BCUT2D eigenvalue weighted by Gasteiger charge is -2.20. The third kappa shape index (κ3) is 6.85. The Hall–Kier alpha value is -3.86. The Balaban J connectivity index is 2.09. The van der Waals surface area contributed by atoms with Crippen LogP contribution in [-0.2, 0) is 9.59 Å². The van der Waals surface area contributed by atoms with Gasteiger partial charge in [-0.1, -0.05) is 11.6 Å². The first-order valence-corrected chi connectivity index (χ1v) is 9.27. The Morgan fingerprint density at radius 1 is 1.23 bits per heavy atom. The van der Waals surface area contributed by atoms with Crippen LogP contribution in [0.4, 0.5) is 5.69 Å². The number of nitrogens with two attached hydrogens (primary N) is 2. The van der Waals surface area contributed by atoms with Gasteiger partial charge in [0, 0.05) is 16.8 Å². The summed E-state index contributed by atoms with van der Waals surface area (Å²) < 4.78 is 0. The number of phenols is 1. The average molecular weight is 449 g/mol. The number of pyridine rings is 1. The standard InChI is InChI=1S/C19H21ClN6O5/c1-9-2-11(20)4-13(17(9)30)14(5-16(28)29)26-15(27)8-24-18(31)10-3-12(7-23-6-10)25-19(21)22/h2-4,6-7,14,30H,5,8H2,1H3,(H,24,31)(H,26,27)(H,28,29)(H4,21,22,25). The molecule has 0 fully saturated rings. The van der Waals surface area contributed by atoms with Crippen molar-refractivity contribution in [1.82, 2.24) is 15.6 Å². The number of carboxylic acids is 1. The number of amides is 2. The first-order valence-electron chi connectivity index (χ1n) is 8.90. The van der Waals surface area contributed by atoms with Crippen LogP contribution in [-0.4, -0.2) is 45.5 Å². The molecule has 11 nitrogen and oxygen atoms in total. The van der Waals surface area contributed by atoms with Crippen molar-refractivity contribution in [2.75, 3.05) is 6.54 Å². The highest BCUT2D eigenvalue weighted by Crippen LogP contribution is 2.32. The van der Waals surface area contributed by atoms with Gasteiger partial charge in [0.05, 0.1) is 36.5 Å². The summed E-state index contributed by atoms with van der Waals surface area (Å²) in [5, 5.41) is 24.6. The number of halogens is 1. The normalized spacial score (nSPS) is 11.3. The zero-order valence-corrected chi connectivity index (χ0v) is 17.2. The van der Waals surface area contributed by atoms with E-state index in [0.717, 1.165) is 0 Å². The van der Waals surface area contributed by atoms with Gasteiger partial charge in [-0.3, -0.25) is 19.4 Å². The molecule has 2 amide bonds. The highest BCUT2D eigenvalue weighted by molar-refractivity contribution is 6.30. The van der Waals surface area contributed by atoms with Crippen LogP contribution in [0.15, 0.2) is 35.6 Å². The van der Waals surface area contributed by atoms with Crippen LogP contribution in [0.1, 0.15) is 33.9 Å². The molecule has 31 heavy (non-hydrogen) atoms. The Bertz CT molecular complexity index is 1040. The molecule has 1 unspecified atom stereocenters. The predicted octanol–water partition coefficient (Wildman–Crippen LogP) is 0.716. The summed E-state index contributed by atoms with van der Waals surface area (Å²) in [7, 11) is 0. The third-order valence-corrected chi connectivity index (χ3v) is 4.26. The number of aliphatic carboxylic acids is 1. The summed E-state index contributed by atoms with van der Waals surface area (Å²) in [6.07, 6.45) is 2.11. The van der Waals surface area contributed by atoms with Crippen LogP contribution in [0.25, 0.3) is 0 Å². The second kappa shape index (κ2) is 10.3. The zero-order valence-electron chi connectivity index (χ0n) is 16.4. The maximum Gasteiger partial charge on any atom is 0.305 e. The zero-order chi connectivity index (χ0) is 23.1. The fraction of sp³-hybridized carbons (Fsp3) is 0.211. The maximum atomic E-state index is 12.3. The molecule has 0 saturated heterocycles. The van der Waals surface area contributed by atoms with Crippen LogP contribution in [0.5, 0.6) is 5.75 Å². The second-order valence-electron chi connectivity index (χ2n) is 6.53. The molecule has 8 N–H and O–H groups in total. The predicted molar refractivity (Wildman–Crippen MR) is 113 cm³/mol. The smallest absolute Gasteiger partial charge is 0.305 e. The fourth-order valence-corrected chi connectivity index (χ4v) is 2.99. The number of guanidine groups is 1. The fourth-order valence-electron chi connectivity index (χ4n) is 2.71. The number of aliphatic imine (C=N–C) groups is 1. The van der Waals surface area contributed by atoms with Gasteiger partial charge in [0.1, 0.15) is 5.75 Å². The van der Waals surface area contributed by atoms with Crippen LogP contribution in [0.2, 0.25) is 5.02 Å². The van der Waals surface area contributed by atoms with Crippen molar-refractivity contribution in [2.45, 2.75) is 19.4 Å². The number of benzene rings is 1. The number of hydrogen-bond acceptors (Lipinski definition) is 6. The molecule has 0 bridgehead atoms. The number of hydrogen-bond donors (Lipinski definition) is 6. The van der Waals surface area contributed by atoms with Crippen molar-refractivity contribution >= 4 is 41.0 Å². The number of aromatic nitrogens is 1. The van der Waals surface area contributed by atoms with Crippen molar-refractivity contribution in [1.29, 1.82) is 0 Å². The van der Waals surface area contributed by atoms with E-state index < -0.39 is 36.8 Å². The van der Waals surface area contributed by atoms with Crippen LogP contribution < -0.4 is 22.1 Å². The molecular weight excluding hydrogens is 428 g/mol. The summed E-state index contributed by atoms with van der Waals surface area (Å²) in [6, 6.07) is 3.19. The first kappa shape index (κ1) is 23.4. The minimum Gasteiger partial charge on any atom is -0.507 e. The minimum atomic E-state index is -1.20. The van der Waals surface area contributed by atoms with Gasteiger partial charge in [-0.25, -0.2) is 4.99 Å². The number of phenolic OH excluding ortho intramolecular Hbond substituents is 1. The lowest BCUT2D eigenvalue weighted by Crippen LogP contribution is -2.39. The molecule has 0 radical (unpaired) electrons. The molecule has 0 aliphatic heterocycles. The molecule has 1 aromatic carbocycles. The molecule has 0 aliphatic rings. The summed E-state index contributed by atoms with van der Waals surface area (Å²) in [4.78, 5) is 43.5. The molecule has 12 heteroatoms. The Morgan fingerprint density at radius 2 is 1.94 bits per heavy atom. The Kier molecular flexibility index (Phi) is 7.75. The highest BCUT2D eigenvalue weighted by Gasteiger charge is 2.23. The number of nitrogens with one attached hydrogen (secondary N) is 2. The molecule has 2 rings (SSSR count). The molecular formula is C19H21ClN6O5. The largest absolute Gasteiger partial charge is 0.507 e. The monoisotopic (exact) mass is 448 g/mol. The first-order chi connectivity index (χ1) is 14.6. The average Bonchev–Trinajstić information content (AvgIpc) is 2.67. The highest BCUT2D eigenvalue weighted by atomic mass is 35.5. The quantitative estimate of drug-likeness (QED) is 0.251. The lowest BCUT2D eigenvalue weighted by molar-refractivity contribution is -0.137. The lowest BCUT2D eigenvalue weighted by atomic mass is 10.00. The van der Waals surface area contributed by atoms with Gasteiger partial charge < -0.3 is 32.3 Å². The summed E-state index contributed by atoms with van der Waals surface area (Å²) in [5.74, 6) is -2.88. The molecule has 164 valence electrons. The van der Waals surface area contributed by atoms with E-state index in [4.69, 9.17) is 23.1 Å². The summed E-state index contributed by atoms with van der Waals surface area (Å²) in [6.45, 7) is 1.14. The Morgan fingerprint density at radius 3 is 2.58 bits per heavy atom.